The second-order valence-electron chi connectivity index (χ2n) is 8.98. The molecule has 1 aliphatic heterocycles. The number of para-hydroxylation sites is 1. The highest BCUT2D eigenvalue weighted by Crippen LogP contribution is 2.50. The van der Waals surface area contributed by atoms with Gasteiger partial charge in [0.05, 0.1) is 13.2 Å². The van der Waals surface area contributed by atoms with E-state index in [0.29, 0.717) is 23.0 Å². The first kappa shape index (κ1) is 22.7. The zero-order valence-electron chi connectivity index (χ0n) is 20.0. The Bertz CT molecular complexity index is 1300. The van der Waals surface area contributed by atoms with Crippen LogP contribution in [0.1, 0.15) is 46.8 Å². The summed E-state index contributed by atoms with van der Waals surface area (Å²) < 4.78 is 10.8. The number of nitrogens with one attached hydrogen (secondary N) is 1. The van der Waals surface area contributed by atoms with Crippen molar-refractivity contribution < 1.29 is 19.1 Å². The summed E-state index contributed by atoms with van der Waals surface area (Å²) in [6.07, 6.45) is 5.39. The number of ether oxygens (including phenoxy) is 2. The molecule has 1 aliphatic carbocycles. The molecule has 178 valence electrons. The fourth-order valence-corrected chi connectivity index (χ4v) is 5.14. The van der Waals surface area contributed by atoms with Crippen LogP contribution in [0.15, 0.2) is 78.9 Å². The number of amides is 1. The molecule has 1 amide bonds. The number of carbonyl (C=O) groups is 2. The molecule has 0 spiro atoms. The quantitative estimate of drug-likeness (QED) is 0.295. The minimum atomic E-state index is -0.385. The number of allylic oxidation sites excluding steroid dienone is 2. The van der Waals surface area contributed by atoms with Crippen LogP contribution in [0.2, 0.25) is 0 Å². The number of benzene rings is 3. The van der Waals surface area contributed by atoms with Crippen molar-refractivity contribution in [1.82, 2.24) is 0 Å². The molecule has 3 aromatic carbocycles. The Morgan fingerprint density at radius 1 is 1.00 bits per heavy atom. The SMILES string of the molecule is COc1cc(C2Nc3ccc(C(=O)N(C)c4ccccc4)cc3C3C=CCC32)ccc1OC(C)=O. The van der Waals surface area contributed by atoms with Gasteiger partial charge in [-0.1, -0.05) is 36.4 Å². The number of fused-ring (bicyclic) bond motifs is 3. The zero-order chi connectivity index (χ0) is 24.5. The third-order valence-corrected chi connectivity index (χ3v) is 6.86. The highest BCUT2D eigenvalue weighted by molar-refractivity contribution is 6.06. The van der Waals surface area contributed by atoms with Gasteiger partial charge in [-0.05, 0) is 65.9 Å². The molecule has 2 aliphatic rings. The molecule has 1 N–H and O–H groups in total. The second kappa shape index (κ2) is 9.29. The fourth-order valence-electron chi connectivity index (χ4n) is 5.14. The van der Waals surface area contributed by atoms with Crippen LogP contribution in [-0.4, -0.2) is 26.0 Å². The van der Waals surface area contributed by atoms with Gasteiger partial charge in [0.2, 0.25) is 0 Å². The normalized spacial score (nSPS) is 19.8. The zero-order valence-corrected chi connectivity index (χ0v) is 20.0. The second-order valence-corrected chi connectivity index (χ2v) is 8.98. The van der Waals surface area contributed by atoms with E-state index < -0.39 is 0 Å². The smallest absolute Gasteiger partial charge is 0.308 e. The molecule has 0 saturated carbocycles. The van der Waals surface area contributed by atoms with E-state index in [1.165, 1.54) is 6.92 Å². The van der Waals surface area contributed by atoms with Gasteiger partial charge in [0.15, 0.2) is 11.5 Å². The Morgan fingerprint density at radius 2 is 1.80 bits per heavy atom. The number of nitrogens with zero attached hydrogens (tertiary/aromatic N) is 1. The molecular formula is C29H28N2O4. The van der Waals surface area contributed by atoms with Crippen LogP contribution in [0.3, 0.4) is 0 Å². The minimum absolute atomic E-state index is 0.0366. The van der Waals surface area contributed by atoms with Gasteiger partial charge in [-0.3, -0.25) is 9.59 Å². The molecule has 6 heteroatoms. The van der Waals surface area contributed by atoms with Crippen molar-refractivity contribution in [3.05, 3.63) is 95.6 Å². The van der Waals surface area contributed by atoms with Crippen LogP contribution in [0.4, 0.5) is 11.4 Å². The molecule has 0 fully saturated rings. The molecule has 0 bridgehead atoms. The van der Waals surface area contributed by atoms with Gasteiger partial charge >= 0.3 is 5.97 Å². The summed E-state index contributed by atoms with van der Waals surface area (Å²) in [6, 6.07) is 21.3. The fraction of sp³-hybridized carbons (Fsp3) is 0.241. The first-order valence-corrected chi connectivity index (χ1v) is 11.7. The molecule has 0 radical (unpaired) electrons. The predicted molar refractivity (Wildman–Crippen MR) is 136 cm³/mol. The topological polar surface area (TPSA) is 67.9 Å². The molecule has 3 unspecified atom stereocenters. The number of rotatable bonds is 5. The number of hydrogen-bond acceptors (Lipinski definition) is 5. The van der Waals surface area contributed by atoms with Gasteiger partial charge in [-0.25, -0.2) is 0 Å². The van der Waals surface area contributed by atoms with Crippen molar-refractivity contribution in [3.63, 3.8) is 0 Å². The third kappa shape index (κ3) is 4.28. The van der Waals surface area contributed by atoms with Crippen LogP contribution < -0.4 is 19.7 Å². The highest BCUT2D eigenvalue weighted by Gasteiger charge is 2.38. The van der Waals surface area contributed by atoms with E-state index in [9.17, 15) is 9.59 Å². The Hall–Kier alpha value is -4.06. The molecule has 0 aromatic heterocycles. The van der Waals surface area contributed by atoms with Crippen LogP contribution in [-0.2, 0) is 4.79 Å². The third-order valence-electron chi connectivity index (χ3n) is 6.86. The summed E-state index contributed by atoms with van der Waals surface area (Å²) >= 11 is 0. The number of esters is 1. The maximum atomic E-state index is 13.2. The number of anilines is 2. The lowest BCUT2D eigenvalue weighted by Crippen LogP contribution is -2.30. The molecule has 3 atom stereocenters. The summed E-state index contributed by atoms with van der Waals surface area (Å²) in [5, 5.41) is 3.70. The lowest BCUT2D eigenvalue weighted by atomic mass is 9.76. The van der Waals surface area contributed by atoms with E-state index in [1.807, 2.05) is 60.7 Å². The largest absolute Gasteiger partial charge is 0.493 e. The first-order chi connectivity index (χ1) is 17.0. The monoisotopic (exact) mass is 468 g/mol. The first-order valence-electron chi connectivity index (χ1n) is 11.7. The Morgan fingerprint density at radius 3 is 2.54 bits per heavy atom. The van der Waals surface area contributed by atoms with E-state index in [2.05, 4.69) is 17.5 Å². The number of methoxy groups -OCH3 is 1. The Balaban J connectivity index is 1.45. The molecule has 1 heterocycles. The molecular weight excluding hydrogens is 440 g/mol. The maximum absolute atomic E-state index is 13.2. The summed E-state index contributed by atoms with van der Waals surface area (Å²) in [5.74, 6) is 1.01. The van der Waals surface area contributed by atoms with Gasteiger partial charge in [-0.2, -0.15) is 0 Å². The van der Waals surface area contributed by atoms with Gasteiger partial charge in [0.25, 0.3) is 5.91 Å². The molecule has 6 nitrogen and oxygen atoms in total. The standard InChI is InChI=1S/C29H28N2O4/c1-18(32)35-26-15-13-19(17-27(26)34-3)28-23-11-7-10-22(23)24-16-20(12-14-25(24)30-28)29(33)31(2)21-8-5-4-6-9-21/h4-10,12-17,22-23,28,30H,11H2,1-3H3. The molecule has 5 rings (SSSR count). The van der Waals surface area contributed by atoms with E-state index >= 15 is 0 Å². The van der Waals surface area contributed by atoms with Crippen LogP contribution >= 0.6 is 0 Å². The van der Waals surface area contributed by atoms with Crippen LogP contribution in [0, 0.1) is 5.92 Å². The van der Waals surface area contributed by atoms with Crippen molar-refractivity contribution in [2.24, 2.45) is 5.92 Å². The van der Waals surface area contributed by atoms with Gasteiger partial charge in [0, 0.05) is 36.8 Å². The number of hydrogen-bond donors (Lipinski definition) is 1. The summed E-state index contributed by atoms with van der Waals surface area (Å²) in [6.45, 7) is 1.37. The Labute approximate surface area is 205 Å². The van der Waals surface area contributed by atoms with Gasteiger partial charge < -0.3 is 19.7 Å². The van der Waals surface area contributed by atoms with Crippen LogP contribution in [0.25, 0.3) is 0 Å². The Kier molecular flexibility index (Phi) is 6.03. The summed E-state index contributed by atoms with van der Waals surface area (Å²) in [5.41, 5.74) is 4.74. The summed E-state index contributed by atoms with van der Waals surface area (Å²) in [4.78, 5) is 26.3. The summed E-state index contributed by atoms with van der Waals surface area (Å²) in [7, 11) is 3.37. The van der Waals surface area contributed by atoms with E-state index in [4.69, 9.17) is 9.47 Å². The average Bonchev–Trinajstić information content (AvgIpc) is 3.38. The van der Waals surface area contributed by atoms with E-state index in [-0.39, 0.29) is 23.8 Å². The predicted octanol–water partition coefficient (Wildman–Crippen LogP) is 5.72. The highest BCUT2D eigenvalue weighted by atomic mass is 16.6. The van der Waals surface area contributed by atoms with Gasteiger partial charge in [0.1, 0.15) is 0 Å². The molecule has 3 aromatic rings. The van der Waals surface area contributed by atoms with Crippen LogP contribution in [0.5, 0.6) is 11.5 Å². The lowest BCUT2D eigenvalue weighted by molar-refractivity contribution is -0.132. The lowest BCUT2D eigenvalue weighted by Gasteiger charge is -2.38. The molecule has 35 heavy (non-hydrogen) atoms. The van der Waals surface area contributed by atoms with Crippen molar-refractivity contribution in [2.45, 2.75) is 25.3 Å². The van der Waals surface area contributed by atoms with E-state index in [1.54, 1.807) is 25.1 Å². The van der Waals surface area contributed by atoms with Crippen molar-refractivity contribution in [3.8, 4) is 11.5 Å². The van der Waals surface area contributed by atoms with Gasteiger partial charge in [-0.15, -0.1) is 0 Å². The molecule has 0 saturated heterocycles. The van der Waals surface area contributed by atoms with Crippen molar-refractivity contribution >= 4 is 23.3 Å². The van der Waals surface area contributed by atoms with Crippen molar-refractivity contribution in [1.29, 1.82) is 0 Å². The van der Waals surface area contributed by atoms with Crippen molar-refractivity contribution in [2.75, 3.05) is 24.4 Å². The average molecular weight is 469 g/mol. The maximum Gasteiger partial charge on any atom is 0.308 e. The van der Waals surface area contributed by atoms with E-state index in [0.717, 1.165) is 28.9 Å². The minimum Gasteiger partial charge on any atom is -0.493 e. The number of carbonyl (C=O) groups excluding carboxylic acids is 2.